The third kappa shape index (κ3) is 5.13. The first-order valence-corrected chi connectivity index (χ1v) is 12.9. The third-order valence-corrected chi connectivity index (χ3v) is 7.83. The molecule has 3 N–H and O–H groups in total. The monoisotopic (exact) mass is 524 g/mol. The number of fused-ring (bicyclic) bond motifs is 1. The highest BCUT2D eigenvalue weighted by atomic mass is 35.5. The Morgan fingerprint density at radius 3 is 2.59 bits per heavy atom. The largest absolute Gasteiger partial charge is 0.494 e. The molecule has 37 heavy (non-hydrogen) atoms. The molecular formula is C27H29ClN4O5. The number of amides is 4. The van der Waals surface area contributed by atoms with Crippen molar-refractivity contribution in [3.05, 3.63) is 58.1 Å². The average molecular weight is 525 g/mol. The molecule has 9 nitrogen and oxygen atoms in total. The van der Waals surface area contributed by atoms with Crippen LogP contribution in [0.2, 0.25) is 5.02 Å². The molecular weight excluding hydrogens is 496 g/mol. The Morgan fingerprint density at radius 2 is 1.89 bits per heavy atom. The summed E-state index contributed by atoms with van der Waals surface area (Å²) in [6, 6.07) is 10.0. The Balaban J connectivity index is 1.16. The van der Waals surface area contributed by atoms with Crippen molar-refractivity contribution < 1.29 is 23.9 Å². The molecule has 0 aliphatic carbocycles. The first kappa shape index (κ1) is 25.1. The van der Waals surface area contributed by atoms with E-state index in [-0.39, 0.29) is 28.8 Å². The Morgan fingerprint density at radius 1 is 1.11 bits per heavy atom. The van der Waals surface area contributed by atoms with E-state index in [1.807, 2.05) is 18.2 Å². The predicted molar refractivity (Wildman–Crippen MR) is 138 cm³/mol. The van der Waals surface area contributed by atoms with Gasteiger partial charge < -0.3 is 20.3 Å². The first-order chi connectivity index (χ1) is 17.8. The van der Waals surface area contributed by atoms with Crippen LogP contribution in [0.1, 0.15) is 58.4 Å². The van der Waals surface area contributed by atoms with E-state index in [1.54, 1.807) is 23.1 Å². The van der Waals surface area contributed by atoms with Gasteiger partial charge >= 0.3 is 0 Å². The summed E-state index contributed by atoms with van der Waals surface area (Å²) < 4.78 is 5.85. The number of piperidine rings is 2. The molecule has 0 aromatic heterocycles. The molecule has 194 valence electrons. The van der Waals surface area contributed by atoms with Crippen molar-refractivity contribution in [2.24, 2.45) is 11.7 Å². The van der Waals surface area contributed by atoms with E-state index >= 15 is 0 Å². The van der Waals surface area contributed by atoms with Gasteiger partial charge in [-0.1, -0.05) is 17.7 Å². The molecule has 5 rings (SSSR count). The van der Waals surface area contributed by atoms with Crippen molar-refractivity contribution in [2.75, 3.05) is 24.6 Å². The Kier molecular flexibility index (Phi) is 7.06. The smallest absolute Gasteiger partial charge is 0.255 e. The molecule has 2 fully saturated rings. The highest BCUT2D eigenvalue weighted by Gasteiger charge is 2.40. The number of nitrogens with one attached hydrogen (secondary N) is 1. The minimum absolute atomic E-state index is 0.151. The van der Waals surface area contributed by atoms with Gasteiger partial charge in [-0.25, -0.2) is 0 Å². The SMILES string of the molecule is NC(=O)c1ccc(OCCC2CCN(c3cccc4c3CN(C3CCC(=O)NC3=O)C4=O)CC2)cc1Cl. The van der Waals surface area contributed by atoms with Crippen LogP contribution in [0.5, 0.6) is 5.75 Å². The summed E-state index contributed by atoms with van der Waals surface area (Å²) in [5, 5.41) is 2.64. The summed E-state index contributed by atoms with van der Waals surface area (Å²) in [6.45, 7) is 2.66. The van der Waals surface area contributed by atoms with Crippen LogP contribution in [-0.4, -0.2) is 54.3 Å². The number of anilines is 1. The third-order valence-electron chi connectivity index (χ3n) is 7.51. The van der Waals surface area contributed by atoms with Crippen molar-refractivity contribution in [3.63, 3.8) is 0 Å². The summed E-state index contributed by atoms with van der Waals surface area (Å²) in [6.07, 6.45) is 3.50. The lowest BCUT2D eigenvalue weighted by Crippen LogP contribution is -2.52. The molecule has 0 spiro atoms. The molecule has 2 aromatic rings. The van der Waals surface area contributed by atoms with Gasteiger partial charge in [-0.05, 0) is 61.9 Å². The number of hydrogen-bond donors (Lipinski definition) is 2. The molecule has 2 saturated heterocycles. The van der Waals surface area contributed by atoms with E-state index < -0.39 is 17.9 Å². The maximum atomic E-state index is 13.1. The number of nitrogens with two attached hydrogens (primary N) is 1. The fourth-order valence-electron chi connectivity index (χ4n) is 5.46. The molecule has 1 atom stereocenters. The van der Waals surface area contributed by atoms with Gasteiger partial charge in [-0.15, -0.1) is 0 Å². The normalized spacial score (nSPS) is 20.1. The quantitative estimate of drug-likeness (QED) is 0.537. The zero-order chi connectivity index (χ0) is 26.1. The number of benzene rings is 2. The van der Waals surface area contributed by atoms with Crippen molar-refractivity contribution in [1.82, 2.24) is 10.2 Å². The maximum absolute atomic E-state index is 13.1. The van der Waals surface area contributed by atoms with Crippen LogP contribution < -0.4 is 20.7 Å². The van der Waals surface area contributed by atoms with Crippen molar-refractivity contribution in [2.45, 2.75) is 44.7 Å². The van der Waals surface area contributed by atoms with Crippen molar-refractivity contribution >= 4 is 40.9 Å². The van der Waals surface area contributed by atoms with E-state index in [0.29, 0.717) is 36.8 Å². The summed E-state index contributed by atoms with van der Waals surface area (Å²) in [5.41, 5.74) is 8.20. The van der Waals surface area contributed by atoms with Gasteiger partial charge in [0.05, 0.1) is 17.2 Å². The minimum Gasteiger partial charge on any atom is -0.494 e. The number of nitrogens with zero attached hydrogens (tertiary/aromatic N) is 2. The molecule has 1 unspecified atom stereocenters. The second-order valence-electron chi connectivity index (χ2n) is 9.78. The summed E-state index contributed by atoms with van der Waals surface area (Å²) in [7, 11) is 0. The standard InChI is InChI=1S/C27H29ClN4O5/c28-21-14-17(4-5-19(21)25(29)34)37-13-10-16-8-11-31(12-9-16)22-3-1-2-18-20(22)15-32(27(18)36)23-6-7-24(33)30-26(23)35/h1-5,14,16,23H,6-13,15H2,(H2,29,34)(H,30,33,35). The van der Waals surface area contributed by atoms with Gasteiger partial charge in [-0.3, -0.25) is 24.5 Å². The molecule has 10 heteroatoms. The first-order valence-electron chi connectivity index (χ1n) is 12.6. The fraction of sp³-hybridized carbons (Fsp3) is 0.407. The zero-order valence-electron chi connectivity index (χ0n) is 20.4. The zero-order valence-corrected chi connectivity index (χ0v) is 21.1. The molecule has 2 aromatic carbocycles. The van der Waals surface area contributed by atoms with E-state index in [4.69, 9.17) is 22.1 Å². The highest BCUT2D eigenvalue weighted by Crippen LogP contribution is 2.36. The van der Waals surface area contributed by atoms with Crippen LogP contribution in [0, 0.1) is 5.92 Å². The van der Waals surface area contributed by atoms with Gasteiger partial charge in [0, 0.05) is 42.9 Å². The molecule has 3 aliphatic heterocycles. The number of halogens is 1. The van der Waals surface area contributed by atoms with Gasteiger partial charge in [-0.2, -0.15) is 0 Å². The lowest BCUT2D eigenvalue weighted by atomic mass is 9.93. The van der Waals surface area contributed by atoms with E-state index in [2.05, 4.69) is 10.2 Å². The predicted octanol–water partition coefficient (Wildman–Crippen LogP) is 2.89. The van der Waals surface area contributed by atoms with Crippen molar-refractivity contribution in [1.29, 1.82) is 0 Å². The second kappa shape index (κ2) is 10.4. The molecule has 4 amide bonds. The van der Waals surface area contributed by atoms with Crippen LogP contribution in [0.4, 0.5) is 5.69 Å². The van der Waals surface area contributed by atoms with Crippen molar-refractivity contribution in [3.8, 4) is 5.75 Å². The molecule has 0 radical (unpaired) electrons. The molecule has 3 aliphatic rings. The number of ether oxygens (including phenoxy) is 1. The van der Waals surface area contributed by atoms with Gasteiger partial charge in [0.1, 0.15) is 11.8 Å². The van der Waals surface area contributed by atoms with Crippen LogP contribution in [-0.2, 0) is 16.1 Å². The second-order valence-corrected chi connectivity index (χ2v) is 10.2. The lowest BCUT2D eigenvalue weighted by Gasteiger charge is -2.35. The Hall–Kier alpha value is -3.59. The number of carbonyl (C=O) groups excluding carboxylic acids is 4. The van der Waals surface area contributed by atoms with Gasteiger partial charge in [0.15, 0.2) is 0 Å². The molecule has 0 bridgehead atoms. The number of imide groups is 1. The highest BCUT2D eigenvalue weighted by molar-refractivity contribution is 6.33. The number of carbonyl (C=O) groups is 4. The van der Waals surface area contributed by atoms with Crippen LogP contribution in [0.15, 0.2) is 36.4 Å². The van der Waals surface area contributed by atoms with E-state index in [9.17, 15) is 19.2 Å². The average Bonchev–Trinajstić information content (AvgIpc) is 3.20. The number of hydrogen-bond acceptors (Lipinski definition) is 6. The van der Waals surface area contributed by atoms with E-state index in [0.717, 1.165) is 43.6 Å². The topological polar surface area (TPSA) is 122 Å². The minimum atomic E-state index is -0.613. The van der Waals surface area contributed by atoms with Crippen LogP contribution in [0.3, 0.4) is 0 Å². The maximum Gasteiger partial charge on any atom is 0.255 e. The Labute approximate surface area is 219 Å². The summed E-state index contributed by atoms with van der Waals surface area (Å²) in [4.78, 5) is 52.3. The number of primary amides is 1. The fourth-order valence-corrected chi connectivity index (χ4v) is 5.72. The van der Waals surface area contributed by atoms with Gasteiger partial charge in [0.25, 0.3) is 5.91 Å². The summed E-state index contributed by atoms with van der Waals surface area (Å²) >= 11 is 6.10. The molecule has 0 saturated carbocycles. The molecule has 3 heterocycles. The lowest BCUT2D eigenvalue weighted by molar-refractivity contribution is -0.136. The summed E-state index contributed by atoms with van der Waals surface area (Å²) in [5.74, 6) is -0.285. The number of rotatable bonds is 7. The van der Waals surface area contributed by atoms with E-state index in [1.165, 1.54) is 0 Å². The van der Waals surface area contributed by atoms with Crippen LogP contribution in [0.25, 0.3) is 0 Å². The van der Waals surface area contributed by atoms with Crippen LogP contribution >= 0.6 is 11.6 Å². The van der Waals surface area contributed by atoms with Gasteiger partial charge in [0.2, 0.25) is 17.7 Å². The Bertz CT molecular complexity index is 1260.